The molecule has 2 N–H and O–H groups in total. The molecule has 1 aliphatic heterocycles. The van der Waals surface area contributed by atoms with Crippen LogP contribution in [0, 0.1) is 12.8 Å². The molecule has 0 aromatic carbocycles. The highest BCUT2D eigenvalue weighted by atomic mass is 35.5. The van der Waals surface area contributed by atoms with Crippen LogP contribution in [-0.2, 0) is 0 Å². The predicted molar refractivity (Wildman–Crippen MR) is 73.1 cm³/mol. The predicted octanol–water partition coefficient (Wildman–Crippen LogP) is 1.21. The topological polar surface area (TPSA) is 61.0 Å². The average Bonchev–Trinajstić information content (AvgIpc) is 2.76. The van der Waals surface area contributed by atoms with Crippen LogP contribution in [0.25, 0.3) is 0 Å². The second-order valence-electron chi connectivity index (χ2n) is 4.73. The lowest BCUT2D eigenvalue weighted by Gasteiger charge is -2.31. The molecule has 0 atom stereocenters. The first-order valence-electron chi connectivity index (χ1n) is 6.16. The van der Waals surface area contributed by atoms with Gasteiger partial charge in [-0.3, -0.25) is 9.89 Å². The molecule has 0 unspecified atom stereocenters. The summed E-state index contributed by atoms with van der Waals surface area (Å²) in [6.07, 6.45) is 2.16. The zero-order valence-corrected chi connectivity index (χ0v) is 11.7. The van der Waals surface area contributed by atoms with Crippen LogP contribution in [-0.4, -0.2) is 47.7 Å². The molecule has 5 nitrogen and oxygen atoms in total. The molecule has 1 aromatic heterocycles. The summed E-state index contributed by atoms with van der Waals surface area (Å²) in [5, 5.41) is 10.0. The van der Waals surface area contributed by atoms with E-state index in [1.54, 1.807) is 0 Å². The van der Waals surface area contributed by atoms with E-state index in [0.29, 0.717) is 11.6 Å². The zero-order valence-electron chi connectivity index (χ0n) is 10.9. The molecule has 2 rings (SSSR count). The number of carbonyl (C=O) groups excluding carboxylic acids is 1. The molecule has 1 saturated heterocycles. The molecule has 0 radical (unpaired) electrons. The number of likely N-dealkylation sites (tertiary alicyclic amines) is 1. The standard InChI is InChI=1S/C12H20N4O.ClH/c1-9-7-11(15-14-9)12(17)16-5-3-10(4-6-16)8-13-2;/h7,10,13H,3-6,8H2,1-2H3,(H,14,15);1H. The van der Waals surface area contributed by atoms with E-state index < -0.39 is 0 Å². The van der Waals surface area contributed by atoms with Gasteiger partial charge in [0.05, 0.1) is 0 Å². The van der Waals surface area contributed by atoms with Gasteiger partial charge >= 0.3 is 0 Å². The summed E-state index contributed by atoms with van der Waals surface area (Å²) >= 11 is 0. The second kappa shape index (κ2) is 6.75. The van der Waals surface area contributed by atoms with Crippen LogP contribution in [0.3, 0.4) is 0 Å². The van der Waals surface area contributed by atoms with Crippen LogP contribution < -0.4 is 5.32 Å². The fourth-order valence-corrected chi connectivity index (χ4v) is 2.32. The Hall–Kier alpha value is -1.07. The Labute approximate surface area is 114 Å². The van der Waals surface area contributed by atoms with Crippen molar-refractivity contribution in [2.24, 2.45) is 5.92 Å². The average molecular weight is 273 g/mol. The summed E-state index contributed by atoms with van der Waals surface area (Å²) in [6.45, 7) is 4.64. The number of nitrogens with one attached hydrogen (secondary N) is 2. The molecule has 0 saturated carbocycles. The molecule has 102 valence electrons. The van der Waals surface area contributed by atoms with Gasteiger partial charge in [0, 0.05) is 18.8 Å². The lowest BCUT2D eigenvalue weighted by atomic mass is 9.96. The van der Waals surface area contributed by atoms with Gasteiger partial charge < -0.3 is 10.2 Å². The molecule has 2 heterocycles. The number of nitrogens with zero attached hydrogens (tertiary/aromatic N) is 2. The third-order valence-electron chi connectivity index (χ3n) is 3.32. The first-order chi connectivity index (χ1) is 8.20. The summed E-state index contributed by atoms with van der Waals surface area (Å²) in [4.78, 5) is 14.0. The number of aromatic nitrogens is 2. The van der Waals surface area contributed by atoms with E-state index in [0.717, 1.165) is 38.2 Å². The van der Waals surface area contributed by atoms with Gasteiger partial charge in [-0.05, 0) is 45.3 Å². The largest absolute Gasteiger partial charge is 0.337 e. The molecule has 0 spiro atoms. The lowest BCUT2D eigenvalue weighted by Crippen LogP contribution is -2.40. The Bertz CT molecular complexity index is 385. The monoisotopic (exact) mass is 272 g/mol. The van der Waals surface area contributed by atoms with Crippen molar-refractivity contribution in [3.8, 4) is 0 Å². The van der Waals surface area contributed by atoms with Gasteiger partial charge in [0.2, 0.25) is 0 Å². The van der Waals surface area contributed by atoms with Gasteiger partial charge in [-0.2, -0.15) is 5.10 Å². The number of aromatic amines is 1. The van der Waals surface area contributed by atoms with Gasteiger partial charge in [-0.1, -0.05) is 0 Å². The number of amides is 1. The van der Waals surface area contributed by atoms with E-state index in [-0.39, 0.29) is 18.3 Å². The van der Waals surface area contributed by atoms with Gasteiger partial charge in [0.25, 0.3) is 5.91 Å². The number of carbonyl (C=O) groups is 1. The molecule has 18 heavy (non-hydrogen) atoms. The van der Waals surface area contributed by atoms with Crippen LogP contribution in [0.4, 0.5) is 0 Å². The third-order valence-corrected chi connectivity index (χ3v) is 3.32. The van der Waals surface area contributed by atoms with E-state index in [2.05, 4.69) is 15.5 Å². The van der Waals surface area contributed by atoms with Crippen LogP contribution in [0.1, 0.15) is 29.0 Å². The summed E-state index contributed by atoms with van der Waals surface area (Å²) in [6, 6.07) is 1.81. The molecule has 1 amide bonds. The Morgan fingerprint density at radius 1 is 1.56 bits per heavy atom. The van der Waals surface area contributed by atoms with E-state index >= 15 is 0 Å². The summed E-state index contributed by atoms with van der Waals surface area (Å²) in [7, 11) is 1.98. The van der Waals surface area contributed by atoms with Crippen molar-refractivity contribution >= 4 is 18.3 Å². The van der Waals surface area contributed by atoms with Crippen molar-refractivity contribution in [2.75, 3.05) is 26.7 Å². The minimum Gasteiger partial charge on any atom is -0.337 e. The molecule has 0 aliphatic carbocycles. The quantitative estimate of drug-likeness (QED) is 0.870. The maximum atomic E-state index is 12.1. The Balaban J connectivity index is 0.00000162. The fraction of sp³-hybridized carbons (Fsp3) is 0.667. The number of hydrogen-bond acceptors (Lipinski definition) is 3. The molecule has 6 heteroatoms. The maximum absolute atomic E-state index is 12.1. The Morgan fingerprint density at radius 3 is 2.72 bits per heavy atom. The number of hydrogen-bond donors (Lipinski definition) is 2. The summed E-state index contributed by atoms with van der Waals surface area (Å²) < 4.78 is 0. The van der Waals surface area contributed by atoms with Gasteiger partial charge in [-0.15, -0.1) is 12.4 Å². The van der Waals surface area contributed by atoms with E-state index in [1.165, 1.54) is 0 Å². The zero-order chi connectivity index (χ0) is 12.3. The van der Waals surface area contributed by atoms with E-state index in [4.69, 9.17) is 0 Å². The molecule has 1 aliphatic rings. The lowest BCUT2D eigenvalue weighted by molar-refractivity contribution is 0.0685. The van der Waals surface area contributed by atoms with Crippen molar-refractivity contribution in [2.45, 2.75) is 19.8 Å². The molecule has 0 bridgehead atoms. The number of H-pyrrole nitrogens is 1. The normalized spacial score (nSPS) is 16.4. The first kappa shape index (κ1) is 15.0. The van der Waals surface area contributed by atoms with E-state index in [1.807, 2.05) is 24.9 Å². The SMILES string of the molecule is CNCC1CCN(C(=O)c2cc(C)[nH]n2)CC1.Cl. The van der Waals surface area contributed by atoms with Gasteiger partial charge in [0.1, 0.15) is 5.69 Å². The molecular formula is C12H21ClN4O. The molecule has 1 aromatic rings. The Morgan fingerprint density at radius 2 is 2.22 bits per heavy atom. The van der Waals surface area contributed by atoms with Crippen LogP contribution >= 0.6 is 12.4 Å². The smallest absolute Gasteiger partial charge is 0.274 e. The minimum atomic E-state index is 0. The van der Waals surface area contributed by atoms with Crippen molar-refractivity contribution in [3.05, 3.63) is 17.5 Å². The number of rotatable bonds is 3. The van der Waals surface area contributed by atoms with Crippen LogP contribution in [0.5, 0.6) is 0 Å². The fourth-order valence-electron chi connectivity index (χ4n) is 2.32. The third kappa shape index (κ3) is 3.46. The molecule has 1 fully saturated rings. The minimum absolute atomic E-state index is 0. The van der Waals surface area contributed by atoms with E-state index in [9.17, 15) is 4.79 Å². The summed E-state index contributed by atoms with van der Waals surface area (Å²) in [5.41, 5.74) is 1.47. The number of halogens is 1. The van der Waals surface area contributed by atoms with Crippen molar-refractivity contribution in [1.82, 2.24) is 20.4 Å². The highest BCUT2D eigenvalue weighted by Gasteiger charge is 2.24. The Kier molecular flexibility index (Phi) is 5.62. The maximum Gasteiger partial charge on any atom is 0.274 e. The number of aryl methyl sites for hydroxylation is 1. The van der Waals surface area contributed by atoms with Crippen molar-refractivity contribution in [1.29, 1.82) is 0 Å². The number of piperidine rings is 1. The van der Waals surface area contributed by atoms with Crippen LogP contribution in [0.15, 0.2) is 6.07 Å². The molecular weight excluding hydrogens is 252 g/mol. The van der Waals surface area contributed by atoms with Crippen molar-refractivity contribution < 1.29 is 4.79 Å². The van der Waals surface area contributed by atoms with Gasteiger partial charge in [0.15, 0.2) is 0 Å². The van der Waals surface area contributed by atoms with Crippen LogP contribution in [0.2, 0.25) is 0 Å². The highest BCUT2D eigenvalue weighted by Crippen LogP contribution is 2.17. The van der Waals surface area contributed by atoms with Gasteiger partial charge in [-0.25, -0.2) is 0 Å². The second-order valence-corrected chi connectivity index (χ2v) is 4.73. The first-order valence-corrected chi connectivity index (χ1v) is 6.16. The van der Waals surface area contributed by atoms with Crippen molar-refractivity contribution in [3.63, 3.8) is 0 Å². The highest BCUT2D eigenvalue weighted by molar-refractivity contribution is 5.92. The summed E-state index contributed by atoms with van der Waals surface area (Å²) in [5.74, 6) is 0.752.